The fourth-order valence-electron chi connectivity index (χ4n) is 8.78. The van der Waals surface area contributed by atoms with Crippen LogP contribution in [0.5, 0.6) is 0 Å². The largest absolute Gasteiger partial charge is 0.462 e. The molecule has 0 fully saturated rings. The van der Waals surface area contributed by atoms with Crippen molar-refractivity contribution in [1.82, 2.24) is 0 Å². The molecule has 0 heterocycles. The van der Waals surface area contributed by atoms with E-state index in [1.165, 1.54) is 193 Å². The maximum absolute atomic E-state index is 12.9. The number of carbonyl (C=O) groups is 3. The maximum Gasteiger partial charge on any atom is 0.306 e. The third kappa shape index (κ3) is 57.9. The topological polar surface area (TPSA) is 78.9 Å². The Bertz CT molecular complexity index is 1280. The summed E-state index contributed by atoms with van der Waals surface area (Å²) >= 11 is 0. The van der Waals surface area contributed by atoms with Crippen LogP contribution < -0.4 is 0 Å². The van der Waals surface area contributed by atoms with Crippen LogP contribution in [0.1, 0.15) is 316 Å². The summed E-state index contributed by atoms with van der Waals surface area (Å²) in [4.78, 5) is 38.2. The lowest BCUT2D eigenvalue weighted by molar-refractivity contribution is -0.167. The first-order valence-electron chi connectivity index (χ1n) is 30.8. The highest BCUT2D eigenvalue weighted by Gasteiger charge is 2.19. The van der Waals surface area contributed by atoms with Gasteiger partial charge in [0.25, 0.3) is 0 Å². The van der Waals surface area contributed by atoms with Crippen molar-refractivity contribution in [3.63, 3.8) is 0 Å². The van der Waals surface area contributed by atoms with Crippen molar-refractivity contribution in [2.75, 3.05) is 13.2 Å². The van der Waals surface area contributed by atoms with Crippen LogP contribution in [0.4, 0.5) is 0 Å². The first kappa shape index (κ1) is 68.1. The molecule has 6 nitrogen and oxygen atoms in total. The number of ether oxygens (including phenoxy) is 3. The van der Waals surface area contributed by atoms with Gasteiger partial charge in [0.15, 0.2) is 6.10 Å². The first-order valence-corrected chi connectivity index (χ1v) is 30.8. The van der Waals surface area contributed by atoms with E-state index in [1.807, 2.05) is 0 Å². The molecule has 0 aliphatic rings. The van der Waals surface area contributed by atoms with Gasteiger partial charge in [-0.15, -0.1) is 0 Å². The van der Waals surface area contributed by atoms with Crippen LogP contribution in [0.25, 0.3) is 0 Å². The Morgan fingerprint density at radius 1 is 0.282 bits per heavy atom. The van der Waals surface area contributed by atoms with E-state index in [1.54, 1.807) is 0 Å². The molecule has 71 heavy (non-hydrogen) atoms. The number of hydrogen-bond acceptors (Lipinski definition) is 6. The lowest BCUT2D eigenvalue weighted by Crippen LogP contribution is -2.30. The van der Waals surface area contributed by atoms with Gasteiger partial charge < -0.3 is 14.2 Å². The maximum atomic E-state index is 12.9. The van der Waals surface area contributed by atoms with E-state index in [9.17, 15) is 14.4 Å². The molecule has 0 radical (unpaired) electrons. The molecule has 0 rings (SSSR count). The Morgan fingerprint density at radius 2 is 0.521 bits per heavy atom. The van der Waals surface area contributed by atoms with Crippen LogP contribution in [0.2, 0.25) is 0 Å². The van der Waals surface area contributed by atoms with Crippen LogP contribution in [-0.2, 0) is 28.6 Å². The molecule has 1 atom stereocenters. The highest BCUT2D eigenvalue weighted by molar-refractivity contribution is 5.71. The van der Waals surface area contributed by atoms with E-state index in [4.69, 9.17) is 14.2 Å². The number of esters is 3. The molecule has 0 spiro atoms. The Hall–Kier alpha value is -2.89. The van der Waals surface area contributed by atoms with Gasteiger partial charge in [-0.2, -0.15) is 0 Å². The second-order valence-electron chi connectivity index (χ2n) is 20.6. The summed E-state index contributed by atoms with van der Waals surface area (Å²) in [5.74, 6) is -0.886. The minimum atomic E-state index is -0.782. The number of unbranched alkanes of at least 4 members (excludes halogenated alkanes) is 35. The van der Waals surface area contributed by atoms with Gasteiger partial charge in [-0.05, 0) is 103 Å². The number of carbonyl (C=O) groups excluding carboxylic acids is 3. The predicted octanol–water partition coefficient (Wildman–Crippen LogP) is 20.8. The van der Waals surface area contributed by atoms with Crippen molar-refractivity contribution in [2.45, 2.75) is 322 Å². The van der Waals surface area contributed by atoms with Gasteiger partial charge in [-0.25, -0.2) is 0 Å². The normalized spacial score (nSPS) is 12.4. The molecule has 0 aliphatic carbocycles. The van der Waals surface area contributed by atoms with Crippen LogP contribution in [0.15, 0.2) is 60.8 Å². The van der Waals surface area contributed by atoms with Crippen molar-refractivity contribution in [3.8, 4) is 0 Å². The molecular weight excluding hydrogens is 877 g/mol. The van der Waals surface area contributed by atoms with Crippen molar-refractivity contribution in [1.29, 1.82) is 0 Å². The van der Waals surface area contributed by atoms with Gasteiger partial charge in [0.2, 0.25) is 0 Å². The summed E-state index contributed by atoms with van der Waals surface area (Å²) in [5.41, 5.74) is 0. The fourth-order valence-corrected chi connectivity index (χ4v) is 8.78. The van der Waals surface area contributed by atoms with Gasteiger partial charge in [0.05, 0.1) is 0 Å². The SMILES string of the molecule is CCCC/C=C\CCCCCCCC(=O)OCC(COC(=O)CCCCCCCCCC/C=C\C/C=C\C/C=C\CCCCCCC)OC(=O)CCCCCCCCCCC/C=C\CCCCCCCC. The van der Waals surface area contributed by atoms with Crippen LogP contribution >= 0.6 is 0 Å². The number of allylic oxidation sites excluding steroid dienone is 10. The van der Waals surface area contributed by atoms with Crippen LogP contribution in [0, 0.1) is 0 Å². The predicted molar refractivity (Wildman–Crippen MR) is 307 cm³/mol. The molecule has 0 saturated heterocycles. The number of rotatable bonds is 56. The second-order valence-corrected chi connectivity index (χ2v) is 20.6. The minimum absolute atomic E-state index is 0.0803. The summed E-state index contributed by atoms with van der Waals surface area (Å²) in [6.07, 6.45) is 75.1. The van der Waals surface area contributed by atoms with Gasteiger partial charge in [0.1, 0.15) is 13.2 Å². The van der Waals surface area contributed by atoms with Crippen molar-refractivity contribution < 1.29 is 28.6 Å². The average Bonchev–Trinajstić information content (AvgIpc) is 3.37. The van der Waals surface area contributed by atoms with Gasteiger partial charge in [-0.1, -0.05) is 255 Å². The van der Waals surface area contributed by atoms with Crippen molar-refractivity contribution >= 4 is 17.9 Å². The molecule has 0 aliphatic heterocycles. The van der Waals surface area contributed by atoms with Gasteiger partial charge >= 0.3 is 17.9 Å². The summed E-state index contributed by atoms with van der Waals surface area (Å²) in [5, 5.41) is 0. The summed E-state index contributed by atoms with van der Waals surface area (Å²) in [6, 6.07) is 0. The lowest BCUT2D eigenvalue weighted by atomic mass is 10.1. The molecule has 0 saturated carbocycles. The van der Waals surface area contributed by atoms with Gasteiger partial charge in [0, 0.05) is 19.3 Å². The second kappa shape index (κ2) is 59.7. The summed E-state index contributed by atoms with van der Waals surface area (Å²) in [6.45, 7) is 6.60. The zero-order valence-electron chi connectivity index (χ0n) is 47.2. The van der Waals surface area contributed by atoms with Gasteiger partial charge in [-0.3, -0.25) is 14.4 Å². The highest BCUT2D eigenvalue weighted by atomic mass is 16.6. The summed E-state index contributed by atoms with van der Waals surface area (Å²) < 4.78 is 16.9. The molecule has 0 aromatic rings. The monoisotopic (exact) mass is 993 g/mol. The van der Waals surface area contributed by atoms with Crippen molar-refractivity contribution in [2.24, 2.45) is 0 Å². The molecular formula is C65H116O6. The standard InChI is InChI=1S/C65H116O6/c1-4-7-10-13-16-19-22-24-26-28-30-31-32-33-35-36-38-40-43-46-49-52-55-58-64(67)70-61-62(60-69-63(66)57-54-51-48-45-42-21-18-15-12-9-6-3)71-65(68)59-56-53-50-47-44-41-39-37-34-29-27-25-23-20-17-14-11-8-5-2/h15,18,22,24-25,27-28,30,32-33,62H,4-14,16-17,19-21,23,26,29,31,34-61H2,1-3H3/b18-15-,24-22-,27-25-,30-28-,33-32-. The Morgan fingerprint density at radius 3 is 0.845 bits per heavy atom. The number of hydrogen-bond donors (Lipinski definition) is 0. The Labute approximate surface area is 440 Å². The minimum Gasteiger partial charge on any atom is -0.462 e. The van der Waals surface area contributed by atoms with E-state index in [0.717, 1.165) is 83.5 Å². The van der Waals surface area contributed by atoms with E-state index in [2.05, 4.69) is 81.5 Å². The molecule has 6 heteroatoms. The highest BCUT2D eigenvalue weighted by Crippen LogP contribution is 2.16. The lowest BCUT2D eigenvalue weighted by Gasteiger charge is -2.18. The Balaban J connectivity index is 4.30. The third-order valence-corrected chi connectivity index (χ3v) is 13.5. The van der Waals surface area contributed by atoms with E-state index >= 15 is 0 Å². The van der Waals surface area contributed by atoms with E-state index in [-0.39, 0.29) is 31.1 Å². The van der Waals surface area contributed by atoms with Crippen LogP contribution in [-0.4, -0.2) is 37.2 Å². The quantitative estimate of drug-likeness (QED) is 0.0261. The fraction of sp³-hybridized carbons (Fsp3) is 0.800. The van der Waals surface area contributed by atoms with E-state index in [0.29, 0.717) is 19.3 Å². The molecule has 0 bridgehead atoms. The van der Waals surface area contributed by atoms with Crippen LogP contribution in [0.3, 0.4) is 0 Å². The first-order chi connectivity index (χ1) is 35.0. The molecule has 0 aromatic heterocycles. The average molecular weight is 994 g/mol. The van der Waals surface area contributed by atoms with Crippen molar-refractivity contribution in [3.05, 3.63) is 60.8 Å². The molecule has 0 N–H and O–H groups in total. The molecule has 0 aromatic carbocycles. The summed E-state index contributed by atoms with van der Waals surface area (Å²) in [7, 11) is 0. The molecule has 1 unspecified atom stereocenters. The van der Waals surface area contributed by atoms with E-state index < -0.39 is 6.10 Å². The third-order valence-electron chi connectivity index (χ3n) is 13.5. The smallest absolute Gasteiger partial charge is 0.306 e. The Kier molecular flexibility index (Phi) is 57.2. The molecule has 412 valence electrons. The zero-order chi connectivity index (χ0) is 51.4. The molecule has 0 amide bonds. The zero-order valence-corrected chi connectivity index (χ0v) is 47.2.